The maximum absolute atomic E-state index is 12.8. The molecule has 106 valence electrons. The molecule has 0 radical (unpaired) electrons. The van der Waals surface area contributed by atoms with Crippen LogP contribution in [0, 0.1) is 5.82 Å². The van der Waals surface area contributed by atoms with Crippen LogP contribution in [0.15, 0.2) is 42.5 Å². The van der Waals surface area contributed by atoms with Crippen LogP contribution in [0.1, 0.15) is 18.9 Å². The molecular weight excluding hydrogens is 277 g/mol. The normalized spacial score (nSPS) is 10.3. The molecule has 0 aromatic heterocycles. The minimum Gasteiger partial charge on any atom is -0.493 e. The second kappa shape index (κ2) is 7.15. The topological polar surface area (TPSA) is 21.3 Å². The standard InChI is InChI=1S/C16H17ClFNO/c1-2-9-20-16-8-3-13(17)10-12(16)11-19-15-6-4-14(18)5-7-15/h3-8,10,19H,2,9,11H2,1H3. The minimum absolute atomic E-state index is 0.245. The second-order valence-corrected chi connectivity index (χ2v) is 4.90. The number of halogens is 2. The molecule has 2 aromatic rings. The van der Waals surface area contributed by atoms with E-state index in [0.717, 1.165) is 23.4 Å². The van der Waals surface area contributed by atoms with Crippen molar-refractivity contribution in [3.63, 3.8) is 0 Å². The van der Waals surface area contributed by atoms with Crippen LogP contribution >= 0.6 is 11.6 Å². The molecule has 0 fully saturated rings. The van der Waals surface area contributed by atoms with Crippen LogP contribution in [-0.4, -0.2) is 6.61 Å². The van der Waals surface area contributed by atoms with E-state index in [2.05, 4.69) is 12.2 Å². The van der Waals surface area contributed by atoms with Gasteiger partial charge in [0.15, 0.2) is 0 Å². The Morgan fingerprint density at radius 3 is 2.60 bits per heavy atom. The van der Waals surface area contributed by atoms with Crippen LogP contribution in [0.4, 0.5) is 10.1 Å². The van der Waals surface area contributed by atoms with Gasteiger partial charge in [-0.3, -0.25) is 0 Å². The van der Waals surface area contributed by atoms with Crippen molar-refractivity contribution in [1.82, 2.24) is 0 Å². The van der Waals surface area contributed by atoms with Crippen LogP contribution in [0.25, 0.3) is 0 Å². The van der Waals surface area contributed by atoms with E-state index in [4.69, 9.17) is 16.3 Å². The summed E-state index contributed by atoms with van der Waals surface area (Å²) in [5, 5.41) is 3.90. The lowest BCUT2D eigenvalue weighted by molar-refractivity contribution is 0.314. The summed E-state index contributed by atoms with van der Waals surface area (Å²) in [7, 11) is 0. The van der Waals surface area contributed by atoms with Crippen molar-refractivity contribution in [2.75, 3.05) is 11.9 Å². The molecule has 20 heavy (non-hydrogen) atoms. The first-order chi connectivity index (χ1) is 9.69. The molecule has 0 spiro atoms. The van der Waals surface area contributed by atoms with Crippen molar-refractivity contribution in [3.8, 4) is 5.75 Å². The van der Waals surface area contributed by atoms with Crippen molar-refractivity contribution < 1.29 is 9.13 Å². The minimum atomic E-state index is -0.245. The molecule has 0 heterocycles. The Balaban J connectivity index is 2.07. The van der Waals surface area contributed by atoms with Crippen LogP contribution in [-0.2, 0) is 6.54 Å². The van der Waals surface area contributed by atoms with E-state index in [1.165, 1.54) is 12.1 Å². The SMILES string of the molecule is CCCOc1ccc(Cl)cc1CNc1ccc(F)cc1. The molecule has 0 aliphatic rings. The zero-order valence-electron chi connectivity index (χ0n) is 11.3. The molecule has 2 aromatic carbocycles. The summed E-state index contributed by atoms with van der Waals surface area (Å²) >= 11 is 6.02. The van der Waals surface area contributed by atoms with E-state index in [0.29, 0.717) is 18.2 Å². The van der Waals surface area contributed by atoms with Crippen LogP contribution in [0.2, 0.25) is 5.02 Å². The van der Waals surface area contributed by atoms with Gasteiger partial charge in [-0.05, 0) is 48.9 Å². The van der Waals surface area contributed by atoms with Gasteiger partial charge in [-0.1, -0.05) is 18.5 Å². The number of hydrogen-bond donors (Lipinski definition) is 1. The van der Waals surface area contributed by atoms with Crippen molar-refractivity contribution >= 4 is 17.3 Å². The zero-order valence-corrected chi connectivity index (χ0v) is 12.1. The Morgan fingerprint density at radius 2 is 1.90 bits per heavy atom. The van der Waals surface area contributed by atoms with Gasteiger partial charge in [-0.2, -0.15) is 0 Å². The predicted molar refractivity (Wildman–Crippen MR) is 81.0 cm³/mol. The van der Waals surface area contributed by atoms with E-state index in [1.807, 2.05) is 18.2 Å². The highest BCUT2D eigenvalue weighted by molar-refractivity contribution is 6.30. The van der Waals surface area contributed by atoms with Crippen molar-refractivity contribution in [2.45, 2.75) is 19.9 Å². The number of benzene rings is 2. The first-order valence-electron chi connectivity index (χ1n) is 6.59. The molecule has 0 aliphatic carbocycles. The quantitative estimate of drug-likeness (QED) is 0.819. The Bertz CT molecular complexity index is 557. The fraction of sp³-hybridized carbons (Fsp3) is 0.250. The summed E-state index contributed by atoms with van der Waals surface area (Å²) in [5.74, 6) is 0.580. The molecule has 0 amide bonds. The molecule has 0 aliphatic heterocycles. The molecule has 1 N–H and O–H groups in total. The smallest absolute Gasteiger partial charge is 0.124 e. The monoisotopic (exact) mass is 293 g/mol. The second-order valence-electron chi connectivity index (χ2n) is 4.46. The summed E-state index contributed by atoms with van der Waals surface area (Å²) in [5.41, 5.74) is 1.84. The lowest BCUT2D eigenvalue weighted by atomic mass is 10.2. The van der Waals surface area contributed by atoms with Gasteiger partial charge in [0, 0.05) is 22.8 Å². The summed E-state index contributed by atoms with van der Waals surface area (Å²) in [6.45, 7) is 3.31. The first kappa shape index (κ1) is 14.7. The lowest BCUT2D eigenvalue weighted by Gasteiger charge is -2.13. The fourth-order valence-electron chi connectivity index (χ4n) is 1.80. The number of ether oxygens (including phenoxy) is 1. The molecule has 4 heteroatoms. The Kier molecular flexibility index (Phi) is 5.24. The first-order valence-corrected chi connectivity index (χ1v) is 6.97. The third kappa shape index (κ3) is 4.14. The molecule has 2 rings (SSSR count). The average molecular weight is 294 g/mol. The van der Waals surface area contributed by atoms with E-state index in [-0.39, 0.29) is 5.82 Å². The highest BCUT2D eigenvalue weighted by atomic mass is 35.5. The van der Waals surface area contributed by atoms with E-state index in [9.17, 15) is 4.39 Å². The summed E-state index contributed by atoms with van der Waals surface area (Å²) < 4.78 is 18.5. The summed E-state index contributed by atoms with van der Waals surface area (Å²) in [4.78, 5) is 0. The van der Waals surface area contributed by atoms with E-state index < -0.39 is 0 Å². The average Bonchev–Trinajstić information content (AvgIpc) is 2.46. The predicted octanol–water partition coefficient (Wildman–Crippen LogP) is 4.88. The number of anilines is 1. The third-order valence-electron chi connectivity index (χ3n) is 2.81. The maximum atomic E-state index is 12.8. The van der Waals surface area contributed by atoms with Gasteiger partial charge in [0.2, 0.25) is 0 Å². The van der Waals surface area contributed by atoms with E-state index >= 15 is 0 Å². The van der Waals surface area contributed by atoms with Crippen LogP contribution in [0.3, 0.4) is 0 Å². The van der Waals surface area contributed by atoms with Gasteiger partial charge in [-0.25, -0.2) is 4.39 Å². The van der Waals surface area contributed by atoms with Gasteiger partial charge in [0.1, 0.15) is 11.6 Å². The van der Waals surface area contributed by atoms with Gasteiger partial charge >= 0.3 is 0 Å². The van der Waals surface area contributed by atoms with E-state index in [1.54, 1.807) is 12.1 Å². The molecule has 0 unspecified atom stereocenters. The fourth-order valence-corrected chi connectivity index (χ4v) is 2.00. The Morgan fingerprint density at radius 1 is 1.15 bits per heavy atom. The lowest BCUT2D eigenvalue weighted by Crippen LogP contribution is -2.04. The van der Waals surface area contributed by atoms with Gasteiger partial charge in [0.25, 0.3) is 0 Å². The van der Waals surface area contributed by atoms with Gasteiger partial charge in [0.05, 0.1) is 6.61 Å². The van der Waals surface area contributed by atoms with Gasteiger partial charge in [-0.15, -0.1) is 0 Å². The Hall–Kier alpha value is -1.74. The number of hydrogen-bond acceptors (Lipinski definition) is 2. The zero-order chi connectivity index (χ0) is 14.4. The molecular formula is C16H17ClFNO. The molecule has 0 atom stereocenters. The van der Waals surface area contributed by atoms with Crippen molar-refractivity contribution in [1.29, 1.82) is 0 Å². The molecule has 2 nitrogen and oxygen atoms in total. The van der Waals surface area contributed by atoms with Crippen molar-refractivity contribution in [2.24, 2.45) is 0 Å². The van der Waals surface area contributed by atoms with Gasteiger partial charge < -0.3 is 10.1 Å². The highest BCUT2D eigenvalue weighted by Gasteiger charge is 2.05. The van der Waals surface area contributed by atoms with Crippen LogP contribution in [0.5, 0.6) is 5.75 Å². The third-order valence-corrected chi connectivity index (χ3v) is 3.05. The summed E-state index contributed by atoms with van der Waals surface area (Å²) in [6, 6.07) is 11.8. The van der Waals surface area contributed by atoms with Crippen LogP contribution < -0.4 is 10.1 Å². The molecule has 0 bridgehead atoms. The summed E-state index contributed by atoms with van der Waals surface area (Å²) in [6.07, 6.45) is 0.952. The molecule has 0 saturated heterocycles. The molecule has 0 saturated carbocycles. The van der Waals surface area contributed by atoms with Crippen molar-refractivity contribution in [3.05, 3.63) is 58.9 Å². The largest absolute Gasteiger partial charge is 0.493 e. The number of nitrogens with one attached hydrogen (secondary N) is 1. The number of rotatable bonds is 6. The Labute approximate surface area is 123 Å². The maximum Gasteiger partial charge on any atom is 0.124 e. The highest BCUT2D eigenvalue weighted by Crippen LogP contribution is 2.24.